The predicted molar refractivity (Wildman–Crippen MR) is 102 cm³/mol. The summed E-state index contributed by atoms with van der Waals surface area (Å²) in [6.07, 6.45) is 1.01. The molecule has 0 aromatic heterocycles. The molecule has 0 bridgehead atoms. The van der Waals surface area contributed by atoms with Crippen molar-refractivity contribution in [1.29, 1.82) is 0 Å². The Hall–Kier alpha value is -2.37. The molecule has 0 aliphatic carbocycles. The summed E-state index contributed by atoms with van der Waals surface area (Å²) in [5, 5.41) is 6.15. The van der Waals surface area contributed by atoms with Crippen molar-refractivity contribution >= 4 is 11.6 Å². The van der Waals surface area contributed by atoms with Crippen LogP contribution in [0.15, 0.2) is 54.6 Å². The number of carbonyl (C=O) groups is 1. The molecule has 2 N–H and O–H groups in total. The van der Waals surface area contributed by atoms with E-state index in [1.807, 2.05) is 75.6 Å². The van der Waals surface area contributed by atoms with Crippen molar-refractivity contribution in [3.63, 3.8) is 0 Å². The van der Waals surface area contributed by atoms with Crippen LogP contribution in [0.2, 0.25) is 0 Å². The van der Waals surface area contributed by atoms with Gasteiger partial charge in [-0.2, -0.15) is 0 Å². The van der Waals surface area contributed by atoms with Crippen LogP contribution in [0.5, 0.6) is 11.5 Å². The largest absolute Gasteiger partial charge is 0.457 e. The third-order valence-corrected chi connectivity index (χ3v) is 3.73. The smallest absolute Gasteiger partial charge is 0.241 e. The highest BCUT2D eigenvalue weighted by Gasteiger charge is 2.12. The number of nitrogens with one attached hydrogen (secondary N) is 2. The maximum absolute atomic E-state index is 12.2. The summed E-state index contributed by atoms with van der Waals surface area (Å²) >= 11 is 0. The number of benzene rings is 2. The van der Waals surface area contributed by atoms with Crippen LogP contribution in [0.4, 0.5) is 5.69 Å². The minimum absolute atomic E-state index is 0.0402. The monoisotopic (exact) mass is 341 g/mol. The van der Waals surface area contributed by atoms with Crippen molar-refractivity contribution in [3.8, 4) is 11.5 Å². The Kier molecular flexibility index (Phi) is 7.44. The van der Waals surface area contributed by atoms with Crippen LogP contribution in [0.25, 0.3) is 0 Å². The van der Waals surface area contributed by atoms with Crippen molar-refractivity contribution in [1.82, 2.24) is 10.2 Å². The fraction of sp³-hybridized carbons (Fsp3) is 0.350. The van der Waals surface area contributed by atoms with E-state index >= 15 is 0 Å². The van der Waals surface area contributed by atoms with E-state index in [1.54, 1.807) is 0 Å². The lowest BCUT2D eigenvalue weighted by Crippen LogP contribution is -2.39. The van der Waals surface area contributed by atoms with Gasteiger partial charge < -0.3 is 20.3 Å². The van der Waals surface area contributed by atoms with Gasteiger partial charge in [-0.25, -0.2) is 0 Å². The average molecular weight is 341 g/mol. The second-order valence-electron chi connectivity index (χ2n) is 6.26. The fourth-order valence-electron chi connectivity index (χ4n) is 2.29. The lowest BCUT2D eigenvalue weighted by Gasteiger charge is -2.15. The molecule has 5 nitrogen and oxygen atoms in total. The molecule has 2 aromatic rings. The van der Waals surface area contributed by atoms with E-state index in [9.17, 15) is 4.79 Å². The Morgan fingerprint density at radius 3 is 2.32 bits per heavy atom. The molecule has 2 rings (SSSR count). The highest BCUT2D eigenvalue weighted by atomic mass is 16.5. The first-order valence-corrected chi connectivity index (χ1v) is 8.56. The number of hydrogen-bond acceptors (Lipinski definition) is 4. The molecule has 0 unspecified atom stereocenters. The van der Waals surface area contributed by atoms with Gasteiger partial charge >= 0.3 is 0 Å². The van der Waals surface area contributed by atoms with Crippen molar-refractivity contribution in [2.75, 3.05) is 32.5 Å². The van der Waals surface area contributed by atoms with E-state index in [1.165, 1.54) is 0 Å². The molecule has 0 radical (unpaired) electrons. The number of carbonyl (C=O) groups excluding carboxylic acids is 1. The first-order valence-electron chi connectivity index (χ1n) is 8.56. The van der Waals surface area contributed by atoms with Crippen LogP contribution in [0.3, 0.4) is 0 Å². The number of ether oxygens (including phenoxy) is 1. The zero-order valence-corrected chi connectivity index (χ0v) is 15.2. The third-order valence-electron chi connectivity index (χ3n) is 3.73. The fourth-order valence-corrected chi connectivity index (χ4v) is 2.29. The molecular formula is C20H27N3O2. The summed E-state index contributed by atoms with van der Waals surface area (Å²) in [5.41, 5.74) is 0.757. The van der Waals surface area contributed by atoms with Crippen LogP contribution < -0.4 is 15.4 Å². The molecular weight excluding hydrogens is 314 g/mol. The van der Waals surface area contributed by atoms with Gasteiger partial charge in [-0.15, -0.1) is 0 Å². The minimum Gasteiger partial charge on any atom is -0.457 e. The van der Waals surface area contributed by atoms with Gasteiger partial charge in [0.05, 0.1) is 6.04 Å². The van der Waals surface area contributed by atoms with Gasteiger partial charge in [0.15, 0.2) is 0 Å². The Labute approximate surface area is 150 Å². The zero-order chi connectivity index (χ0) is 18.1. The molecule has 0 heterocycles. The van der Waals surface area contributed by atoms with Gasteiger partial charge in [0.2, 0.25) is 5.91 Å². The normalized spacial score (nSPS) is 12.0. The SMILES string of the molecule is C[C@H](NCCCN(C)C)C(=O)Nc1ccc(Oc2ccccc2)cc1. The van der Waals surface area contributed by atoms with Crippen molar-refractivity contribution in [2.45, 2.75) is 19.4 Å². The maximum Gasteiger partial charge on any atom is 0.241 e. The summed E-state index contributed by atoms with van der Waals surface area (Å²) in [7, 11) is 4.09. The van der Waals surface area contributed by atoms with Crippen molar-refractivity contribution in [3.05, 3.63) is 54.6 Å². The zero-order valence-electron chi connectivity index (χ0n) is 15.2. The van der Waals surface area contributed by atoms with Crippen LogP contribution in [0.1, 0.15) is 13.3 Å². The van der Waals surface area contributed by atoms with Gasteiger partial charge in [0.1, 0.15) is 11.5 Å². The Bertz CT molecular complexity index is 642. The van der Waals surface area contributed by atoms with E-state index < -0.39 is 0 Å². The highest BCUT2D eigenvalue weighted by molar-refractivity contribution is 5.94. The molecule has 1 atom stereocenters. The predicted octanol–water partition coefficient (Wildman–Crippen LogP) is 3.35. The number of anilines is 1. The number of hydrogen-bond donors (Lipinski definition) is 2. The lowest BCUT2D eigenvalue weighted by atomic mass is 10.2. The maximum atomic E-state index is 12.2. The number of para-hydroxylation sites is 1. The van der Waals surface area contributed by atoms with Gasteiger partial charge in [-0.1, -0.05) is 18.2 Å². The molecule has 0 spiro atoms. The molecule has 0 saturated carbocycles. The molecule has 0 aliphatic rings. The topological polar surface area (TPSA) is 53.6 Å². The van der Waals surface area contributed by atoms with E-state index in [-0.39, 0.29) is 11.9 Å². The molecule has 2 aromatic carbocycles. The Balaban J connectivity index is 1.78. The van der Waals surface area contributed by atoms with Crippen LogP contribution in [0, 0.1) is 0 Å². The summed E-state index contributed by atoms with van der Waals surface area (Å²) in [6, 6.07) is 16.7. The van der Waals surface area contributed by atoms with Gasteiger partial charge in [0, 0.05) is 5.69 Å². The average Bonchev–Trinajstić information content (AvgIpc) is 2.61. The van der Waals surface area contributed by atoms with Crippen LogP contribution in [-0.2, 0) is 4.79 Å². The number of rotatable bonds is 9. The molecule has 5 heteroatoms. The first kappa shape index (κ1) is 19.0. The molecule has 0 fully saturated rings. The Morgan fingerprint density at radius 2 is 1.68 bits per heavy atom. The molecule has 25 heavy (non-hydrogen) atoms. The Morgan fingerprint density at radius 1 is 1.04 bits per heavy atom. The minimum atomic E-state index is -0.234. The van der Waals surface area contributed by atoms with Crippen LogP contribution in [-0.4, -0.2) is 44.0 Å². The summed E-state index contributed by atoms with van der Waals surface area (Å²) in [4.78, 5) is 14.3. The number of amides is 1. The van der Waals surface area contributed by atoms with E-state index in [0.29, 0.717) is 0 Å². The van der Waals surface area contributed by atoms with Crippen molar-refractivity contribution in [2.24, 2.45) is 0 Å². The molecule has 134 valence electrons. The summed E-state index contributed by atoms with van der Waals surface area (Å²) in [6.45, 7) is 3.69. The molecule has 1 amide bonds. The lowest BCUT2D eigenvalue weighted by molar-refractivity contribution is -0.117. The highest BCUT2D eigenvalue weighted by Crippen LogP contribution is 2.22. The molecule has 0 saturated heterocycles. The van der Waals surface area contributed by atoms with E-state index in [2.05, 4.69) is 15.5 Å². The van der Waals surface area contributed by atoms with E-state index in [4.69, 9.17) is 4.74 Å². The van der Waals surface area contributed by atoms with Gasteiger partial charge in [-0.05, 0) is 76.9 Å². The summed E-state index contributed by atoms with van der Waals surface area (Å²) in [5.74, 6) is 1.48. The standard InChI is InChI=1S/C20H27N3O2/c1-16(21-14-7-15-23(2)3)20(24)22-17-10-12-19(13-11-17)25-18-8-5-4-6-9-18/h4-6,8-13,16,21H,7,14-15H2,1-3H3,(H,22,24)/t16-/m0/s1. The van der Waals surface area contributed by atoms with E-state index in [0.717, 1.165) is 36.7 Å². The quantitative estimate of drug-likeness (QED) is 0.687. The second kappa shape index (κ2) is 9.81. The third kappa shape index (κ3) is 6.95. The van der Waals surface area contributed by atoms with Gasteiger partial charge in [0.25, 0.3) is 0 Å². The van der Waals surface area contributed by atoms with Crippen LogP contribution >= 0.6 is 0 Å². The second-order valence-corrected chi connectivity index (χ2v) is 6.26. The number of nitrogens with zero attached hydrogens (tertiary/aromatic N) is 1. The molecule has 0 aliphatic heterocycles. The summed E-state index contributed by atoms with van der Waals surface area (Å²) < 4.78 is 5.74. The van der Waals surface area contributed by atoms with Gasteiger partial charge in [-0.3, -0.25) is 4.79 Å². The first-order chi connectivity index (χ1) is 12.0. The van der Waals surface area contributed by atoms with Crippen molar-refractivity contribution < 1.29 is 9.53 Å².